The molecule has 0 bridgehead atoms. The van der Waals surface area contributed by atoms with Crippen molar-refractivity contribution in [3.8, 4) is 11.4 Å². The van der Waals surface area contributed by atoms with E-state index >= 15 is 0 Å². The molecule has 1 unspecified atom stereocenters. The molecular weight excluding hydrogens is 278 g/mol. The van der Waals surface area contributed by atoms with E-state index < -0.39 is 0 Å². The molecule has 1 aromatic carbocycles. The van der Waals surface area contributed by atoms with Gasteiger partial charge in [0.2, 0.25) is 12.2 Å². The van der Waals surface area contributed by atoms with Crippen molar-refractivity contribution >= 4 is 5.91 Å². The average Bonchev–Trinajstić information content (AvgIpc) is 2.99. The van der Waals surface area contributed by atoms with E-state index in [1.54, 1.807) is 0 Å². The van der Waals surface area contributed by atoms with Crippen molar-refractivity contribution in [3.63, 3.8) is 0 Å². The Kier molecular flexibility index (Phi) is 4.51. The Bertz CT molecular complexity index is 607. The monoisotopic (exact) mass is 299 g/mol. The number of rotatable bonds is 3. The highest BCUT2D eigenvalue weighted by Crippen LogP contribution is 2.22. The third-order valence-electron chi connectivity index (χ3n) is 4.46. The Morgan fingerprint density at radius 1 is 1.27 bits per heavy atom. The normalized spacial score (nSPS) is 19.0. The van der Waals surface area contributed by atoms with E-state index in [1.165, 1.54) is 19.2 Å². The lowest BCUT2D eigenvalue weighted by atomic mass is 9.98. The fourth-order valence-electron chi connectivity index (χ4n) is 3.02. The van der Waals surface area contributed by atoms with Crippen LogP contribution in [0.2, 0.25) is 0 Å². The number of likely N-dealkylation sites (tertiary alicyclic amines) is 1. The average molecular weight is 299 g/mol. The summed E-state index contributed by atoms with van der Waals surface area (Å²) in [7, 11) is 0. The van der Waals surface area contributed by atoms with Gasteiger partial charge < -0.3 is 9.42 Å². The maximum atomic E-state index is 12.6. The van der Waals surface area contributed by atoms with Crippen molar-refractivity contribution in [2.24, 2.45) is 5.92 Å². The number of benzene rings is 1. The van der Waals surface area contributed by atoms with Crippen molar-refractivity contribution in [1.29, 1.82) is 0 Å². The maximum Gasteiger partial charge on any atom is 0.253 e. The van der Waals surface area contributed by atoms with Gasteiger partial charge in [-0.1, -0.05) is 30.6 Å². The van der Waals surface area contributed by atoms with Gasteiger partial charge in [-0.3, -0.25) is 4.79 Å². The summed E-state index contributed by atoms with van der Waals surface area (Å²) in [4.78, 5) is 18.6. The van der Waals surface area contributed by atoms with Gasteiger partial charge in [-0.05, 0) is 37.3 Å². The summed E-state index contributed by atoms with van der Waals surface area (Å²) in [6, 6.07) is 7.42. The molecule has 0 N–H and O–H groups in total. The first-order valence-electron chi connectivity index (χ1n) is 7.94. The lowest BCUT2D eigenvalue weighted by Gasteiger charge is -2.20. The maximum absolute atomic E-state index is 12.6. The largest absolute Gasteiger partial charge is 0.342 e. The minimum Gasteiger partial charge on any atom is -0.342 e. The smallest absolute Gasteiger partial charge is 0.253 e. The van der Waals surface area contributed by atoms with Crippen molar-refractivity contribution in [2.75, 3.05) is 13.1 Å². The van der Waals surface area contributed by atoms with E-state index in [4.69, 9.17) is 4.52 Å². The Labute approximate surface area is 130 Å². The van der Waals surface area contributed by atoms with E-state index in [9.17, 15) is 4.79 Å². The van der Waals surface area contributed by atoms with E-state index in [0.717, 1.165) is 43.0 Å². The van der Waals surface area contributed by atoms with Gasteiger partial charge in [-0.15, -0.1) is 0 Å². The van der Waals surface area contributed by atoms with E-state index in [2.05, 4.69) is 17.1 Å². The molecule has 2 heterocycles. The summed E-state index contributed by atoms with van der Waals surface area (Å²) in [6.07, 6.45) is 5.96. The zero-order chi connectivity index (χ0) is 15.4. The van der Waals surface area contributed by atoms with Crippen molar-refractivity contribution in [1.82, 2.24) is 15.0 Å². The van der Waals surface area contributed by atoms with Crippen LogP contribution >= 0.6 is 0 Å². The van der Waals surface area contributed by atoms with Gasteiger partial charge in [-0.25, -0.2) is 0 Å². The highest BCUT2D eigenvalue weighted by Gasteiger charge is 2.20. The quantitative estimate of drug-likeness (QED) is 0.871. The molecule has 1 fully saturated rings. The molecule has 1 aromatic heterocycles. The number of amides is 1. The molecule has 1 amide bonds. The van der Waals surface area contributed by atoms with Crippen molar-refractivity contribution in [2.45, 2.75) is 32.6 Å². The Balaban J connectivity index is 1.69. The van der Waals surface area contributed by atoms with Gasteiger partial charge in [0.1, 0.15) is 0 Å². The summed E-state index contributed by atoms with van der Waals surface area (Å²) in [5, 5.41) is 3.80. The molecular formula is C17H21N3O2. The van der Waals surface area contributed by atoms with Gasteiger partial charge in [0, 0.05) is 24.2 Å². The first kappa shape index (κ1) is 14.8. The molecule has 0 radical (unpaired) electrons. The summed E-state index contributed by atoms with van der Waals surface area (Å²) in [5.41, 5.74) is 1.58. The van der Waals surface area contributed by atoms with Gasteiger partial charge >= 0.3 is 0 Å². The molecule has 2 aromatic rings. The van der Waals surface area contributed by atoms with E-state index in [-0.39, 0.29) is 5.91 Å². The molecule has 0 aliphatic carbocycles. The van der Waals surface area contributed by atoms with Crippen LogP contribution in [0.15, 0.2) is 35.2 Å². The van der Waals surface area contributed by atoms with Crippen molar-refractivity contribution < 1.29 is 9.32 Å². The molecule has 5 nitrogen and oxygen atoms in total. The van der Waals surface area contributed by atoms with E-state index in [1.807, 2.05) is 29.2 Å². The minimum absolute atomic E-state index is 0.122. The van der Waals surface area contributed by atoms with Gasteiger partial charge in [0.25, 0.3) is 5.91 Å². The molecule has 3 rings (SSSR count). The van der Waals surface area contributed by atoms with Gasteiger partial charge in [0.05, 0.1) is 0 Å². The first-order chi connectivity index (χ1) is 10.8. The van der Waals surface area contributed by atoms with Crippen LogP contribution in [-0.2, 0) is 0 Å². The molecule has 1 aliphatic rings. The van der Waals surface area contributed by atoms with Crippen LogP contribution in [0.5, 0.6) is 0 Å². The molecule has 5 heteroatoms. The predicted molar refractivity (Wildman–Crippen MR) is 83.3 cm³/mol. The topological polar surface area (TPSA) is 59.2 Å². The minimum atomic E-state index is 0.122. The Morgan fingerprint density at radius 3 is 2.77 bits per heavy atom. The van der Waals surface area contributed by atoms with Crippen LogP contribution in [0.4, 0.5) is 0 Å². The van der Waals surface area contributed by atoms with Crippen LogP contribution in [0.3, 0.4) is 0 Å². The highest BCUT2D eigenvalue weighted by atomic mass is 16.5. The Hall–Kier alpha value is -2.17. The second kappa shape index (κ2) is 6.73. The van der Waals surface area contributed by atoms with Crippen molar-refractivity contribution in [3.05, 3.63) is 36.2 Å². The van der Waals surface area contributed by atoms with Gasteiger partial charge in [-0.2, -0.15) is 4.98 Å². The van der Waals surface area contributed by atoms with Crippen LogP contribution in [0.1, 0.15) is 43.0 Å². The molecule has 22 heavy (non-hydrogen) atoms. The standard InChI is InChI=1S/C17H21N3O2/c1-2-13-4-3-10-20(11-9-13)17(21)15-7-5-14(6-8-15)16-18-12-22-19-16/h5-8,12-13H,2-4,9-11H2,1H3. The summed E-state index contributed by atoms with van der Waals surface area (Å²) in [6.45, 7) is 3.96. The van der Waals surface area contributed by atoms with Gasteiger partial charge in [0.15, 0.2) is 0 Å². The lowest BCUT2D eigenvalue weighted by molar-refractivity contribution is 0.0760. The summed E-state index contributed by atoms with van der Waals surface area (Å²) in [5.74, 6) is 1.43. The number of nitrogens with zero attached hydrogens (tertiary/aromatic N) is 3. The second-order valence-electron chi connectivity index (χ2n) is 5.83. The molecule has 1 atom stereocenters. The summed E-state index contributed by atoms with van der Waals surface area (Å²) < 4.78 is 4.74. The number of aromatic nitrogens is 2. The Morgan fingerprint density at radius 2 is 2.09 bits per heavy atom. The lowest BCUT2D eigenvalue weighted by Crippen LogP contribution is -2.32. The molecule has 0 saturated carbocycles. The van der Waals surface area contributed by atoms with Crippen LogP contribution in [0.25, 0.3) is 11.4 Å². The molecule has 1 saturated heterocycles. The fourth-order valence-corrected chi connectivity index (χ4v) is 3.02. The first-order valence-corrected chi connectivity index (χ1v) is 7.94. The highest BCUT2D eigenvalue weighted by molar-refractivity contribution is 5.94. The number of carbonyl (C=O) groups excluding carboxylic acids is 1. The summed E-state index contributed by atoms with van der Waals surface area (Å²) >= 11 is 0. The zero-order valence-electron chi connectivity index (χ0n) is 12.9. The number of hydrogen-bond donors (Lipinski definition) is 0. The van der Waals surface area contributed by atoms with Crippen LogP contribution < -0.4 is 0 Å². The SMILES string of the molecule is CCC1CCCN(C(=O)c2ccc(-c3ncon3)cc2)CC1. The number of hydrogen-bond acceptors (Lipinski definition) is 4. The molecule has 116 valence electrons. The van der Waals surface area contributed by atoms with Crippen LogP contribution in [0, 0.1) is 5.92 Å². The molecule has 0 spiro atoms. The molecule has 1 aliphatic heterocycles. The zero-order valence-corrected chi connectivity index (χ0v) is 12.9. The third kappa shape index (κ3) is 3.18. The number of carbonyl (C=O) groups is 1. The fraction of sp³-hybridized carbons (Fsp3) is 0.471. The third-order valence-corrected chi connectivity index (χ3v) is 4.46. The predicted octanol–water partition coefficient (Wildman–Crippen LogP) is 3.39. The van der Waals surface area contributed by atoms with E-state index in [0.29, 0.717) is 5.82 Å². The second-order valence-corrected chi connectivity index (χ2v) is 5.83. The van der Waals surface area contributed by atoms with Crippen LogP contribution in [-0.4, -0.2) is 34.0 Å².